The van der Waals surface area contributed by atoms with Crippen molar-refractivity contribution < 1.29 is 9.78 Å². The molecule has 0 unspecified atom stereocenters. The smallest absolute Gasteiger partial charge is 0.123 e. The standard InChI is InChI=1S/C20H24O2S/c1-19(2,3)21-22-20(4,5)16-10-11-18-15(13-16)12-14-8-6-7-9-17(14)23-18/h6-11,13H,12H2,1-5H3. The quantitative estimate of drug-likeness (QED) is 0.452. The predicted octanol–water partition coefficient (Wildman–Crippen LogP) is 5.72. The maximum Gasteiger partial charge on any atom is 0.123 e. The second-order valence-corrected chi connectivity index (χ2v) is 8.58. The number of hydrogen-bond donors (Lipinski definition) is 0. The summed E-state index contributed by atoms with van der Waals surface area (Å²) in [6.07, 6.45) is 0.975. The first-order valence-corrected chi connectivity index (χ1v) is 8.82. The largest absolute Gasteiger partial charge is 0.230 e. The SMILES string of the molecule is CC(C)(C)OOC(C)(C)c1ccc2c(c1)Cc1ccccc1S2. The predicted molar refractivity (Wildman–Crippen MR) is 94.8 cm³/mol. The number of fused-ring (bicyclic) bond motifs is 2. The normalized spacial score (nSPS) is 14.3. The van der Waals surface area contributed by atoms with Gasteiger partial charge in [-0.05, 0) is 69.9 Å². The lowest BCUT2D eigenvalue weighted by molar-refractivity contribution is -0.401. The van der Waals surface area contributed by atoms with Crippen LogP contribution in [0.1, 0.15) is 51.3 Å². The first-order chi connectivity index (χ1) is 10.7. The van der Waals surface area contributed by atoms with E-state index in [1.54, 1.807) is 0 Å². The van der Waals surface area contributed by atoms with Crippen molar-refractivity contribution in [1.82, 2.24) is 0 Å². The van der Waals surface area contributed by atoms with Crippen molar-refractivity contribution in [2.24, 2.45) is 0 Å². The Labute approximate surface area is 143 Å². The summed E-state index contributed by atoms with van der Waals surface area (Å²) < 4.78 is 0. The lowest BCUT2D eigenvalue weighted by Gasteiger charge is -2.30. The third-order valence-corrected chi connectivity index (χ3v) is 5.07. The Bertz CT molecular complexity index is 714. The minimum Gasteiger partial charge on any atom is -0.230 e. The fourth-order valence-corrected chi connectivity index (χ4v) is 3.60. The molecule has 0 aliphatic carbocycles. The molecule has 0 aromatic heterocycles. The molecule has 2 aromatic carbocycles. The minimum atomic E-state index is -0.482. The Morgan fingerprint density at radius 2 is 1.52 bits per heavy atom. The van der Waals surface area contributed by atoms with Crippen molar-refractivity contribution in [3.8, 4) is 0 Å². The van der Waals surface area contributed by atoms with Crippen LogP contribution in [0.5, 0.6) is 0 Å². The van der Waals surface area contributed by atoms with E-state index >= 15 is 0 Å². The van der Waals surface area contributed by atoms with Crippen LogP contribution >= 0.6 is 11.8 Å². The van der Waals surface area contributed by atoms with Gasteiger partial charge in [-0.3, -0.25) is 0 Å². The average molecular weight is 328 g/mol. The maximum absolute atomic E-state index is 5.73. The average Bonchev–Trinajstić information content (AvgIpc) is 2.50. The first kappa shape index (κ1) is 16.6. The van der Waals surface area contributed by atoms with Crippen LogP contribution in [0.3, 0.4) is 0 Å². The van der Waals surface area contributed by atoms with Gasteiger partial charge in [-0.2, -0.15) is 0 Å². The monoisotopic (exact) mass is 328 g/mol. The van der Waals surface area contributed by atoms with Crippen LogP contribution in [0.25, 0.3) is 0 Å². The Balaban J connectivity index is 1.84. The zero-order valence-corrected chi connectivity index (χ0v) is 15.3. The highest BCUT2D eigenvalue weighted by atomic mass is 32.2. The lowest BCUT2D eigenvalue weighted by Crippen LogP contribution is -2.29. The van der Waals surface area contributed by atoms with E-state index in [4.69, 9.17) is 9.78 Å². The lowest BCUT2D eigenvalue weighted by atomic mass is 9.94. The summed E-state index contributed by atoms with van der Waals surface area (Å²) in [5.41, 5.74) is 3.09. The highest BCUT2D eigenvalue weighted by Crippen LogP contribution is 2.41. The molecule has 1 heterocycles. The minimum absolute atomic E-state index is 0.319. The molecule has 3 heteroatoms. The van der Waals surface area contributed by atoms with Gasteiger partial charge in [0.1, 0.15) is 5.60 Å². The highest BCUT2D eigenvalue weighted by Gasteiger charge is 2.27. The molecule has 0 amide bonds. The van der Waals surface area contributed by atoms with Crippen LogP contribution in [-0.2, 0) is 21.8 Å². The van der Waals surface area contributed by atoms with Gasteiger partial charge in [-0.1, -0.05) is 42.1 Å². The van der Waals surface area contributed by atoms with Gasteiger partial charge >= 0.3 is 0 Å². The Morgan fingerprint density at radius 1 is 0.826 bits per heavy atom. The molecule has 1 aliphatic rings. The van der Waals surface area contributed by atoms with E-state index in [-0.39, 0.29) is 5.60 Å². The van der Waals surface area contributed by atoms with Gasteiger partial charge in [0.05, 0.1) is 5.60 Å². The molecule has 0 bridgehead atoms. The van der Waals surface area contributed by atoms with E-state index < -0.39 is 5.60 Å². The Morgan fingerprint density at radius 3 is 2.26 bits per heavy atom. The Kier molecular flexibility index (Phi) is 4.30. The third-order valence-electron chi connectivity index (χ3n) is 3.83. The summed E-state index contributed by atoms with van der Waals surface area (Å²) in [5, 5.41) is 0. The molecule has 2 nitrogen and oxygen atoms in total. The van der Waals surface area contributed by atoms with E-state index in [0.29, 0.717) is 0 Å². The molecule has 1 aliphatic heterocycles. The molecular weight excluding hydrogens is 304 g/mol. The van der Waals surface area contributed by atoms with E-state index in [9.17, 15) is 0 Å². The fraction of sp³-hybridized carbons (Fsp3) is 0.400. The van der Waals surface area contributed by atoms with Crippen LogP contribution in [-0.4, -0.2) is 5.60 Å². The van der Waals surface area contributed by atoms with Crippen molar-refractivity contribution in [2.75, 3.05) is 0 Å². The molecule has 0 spiro atoms. The second-order valence-electron chi connectivity index (χ2n) is 7.50. The molecule has 122 valence electrons. The van der Waals surface area contributed by atoms with Crippen molar-refractivity contribution in [2.45, 2.75) is 62.0 Å². The maximum atomic E-state index is 5.73. The van der Waals surface area contributed by atoms with Gasteiger partial charge in [-0.15, -0.1) is 0 Å². The van der Waals surface area contributed by atoms with Crippen molar-refractivity contribution in [1.29, 1.82) is 0 Å². The third kappa shape index (κ3) is 3.79. The summed E-state index contributed by atoms with van der Waals surface area (Å²) in [6.45, 7) is 10.1. The van der Waals surface area contributed by atoms with Gasteiger partial charge in [-0.25, -0.2) is 9.78 Å². The van der Waals surface area contributed by atoms with Crippen molar-refractivity contribution in [3.05, 3.63) is 59.2 Å². The molecular formula is C20H24O2S. The zero-order chi connectivity index (χ0) is 16.7. The topological polar surface area (TPSA) is 18.5 Å². The number of rotatable bonds is 3. The summed E-state index contributed by atoms with van der Waals surface area (Å²) in [4.78, 5) is 14.0. The summed E-state index contributed by atoms with van der Waals surface area (Å²) in [6, 6.07) is 15.2. The van der Waals surface area contributed by atoms with E-state index in [1.807, 2.05) is 46.4 Å². The molecule has 0 saturated carbocycles. The number of benzene rings is 2. The molecule has 2 aromatic rings. The Hall–Kier alpha value is -1.29. The van der Waals surface area contributed by atoms with Gasteiger partial charge < -0.3 is 0 Å². The van der Waals surface area contributed by atoms with Crippen molar-refractivity contribution >= 4 is 11.8 Å². The van der Waals surface area contributed by atoms with Gasteiger partial charge in [0.15, 0.2) is 0 Å². The van der Waals surface area contributed by atoms with Crippen LogP contribution in [0.15, 0.2) is 52.3 Å². The molecule has 23 heavy (non-hydrogen) atoms. The zero-order valence-electron chi connectivity index (χ0n) is 14.5. The van der Waals surface area contributed by atoms with Gasteiger partial charge in [0.2, 0.25) is 0 Å². The molecule has 3 rings (SSSR count). The second kappa shape index (κ2) is 5.97. The van der Waals surface area contributed by atoms with Crippen LogP contribution < -0.4 is 0 Å². The van der Waals surface area contributed by atoms with Crippen LogP contribution in [0.2, 0.25) is 0 Å². The highest BCUT2D eigenvalue weighted by molar-refractivity contribution is 7.99. The summed E-state index contributed by atoms with van der Waals surface area (Å²) in [5.74, 6) is 0. The summed E-state index contributed by atoms with van der Waals surface area (Å²) >= 11 is 1.85. The molecule has 0 fully saturated rings. The fourth-order valence-electron chi connectivity index (χ4n) is 2.54. The van der Waals surface area contributed by atoms with Gasteiger partial charge in [0.25, 0.3) is 0 Å². The van der Waals surface area contributed by atoms with Crippen LogP contribution in [0, 0.1) is 0 Å². The summed E-state index contributed by atoms with van der Waals surface area (Å²) in [7, 11) is 0. The van der Waals surface area contributed by atoms with E-state index in [2.05, 4.69) is 42.5 Å². The molecule has 0 N–H and O–H groups in total. The van der Waals surface area contributed by atoms with E-state index in [1.165, 1.54) is 20.9 Å². The van der Waals surface area contributed by atoms with Gasteiger partial charge in [0, 0.05) is 9.79 Å². The van der Waals surface area contributed by atoms with Crippen molar-refractivity contribution in [3.63, 3.8) is 0 Å². The van der Waals surface area contributed by atoms with Crippen LogP contribution in [0.4, 0.5) is 0 Å². The molecule has 0 radical (unpaired) electrons. The first-order valence-electron chi connectivity index (χ1n) is 8.01. The number of hydrogen-bond acceptors (Lipinski definition) is 3. The molecule has 0 saturated heterocycles. The van der Waals surface area contributed by atoms with E-state index in [0.717, 1.165) is 12.0 Å². The molecule has 0 atom stereocenters.